The maximum Gasteiger partial charge on any atom is 0.232 e. The second-order valence-electron chi connectivity index (χ2n) is 5.14. The van der Waals surface area contributed by atoms with Gasteiger partial charge in [-0.15, -0.1) is 5.10 Å². The number of aryl methyl sites for hydroxylation is 1. The van der Waals surface area contributed by atoms with E-state index in [0.717, 1.165) is 5.88 Å². The topological polar surface area (TPSA) is 30.3 Å². The molecule has 1 aromatic rings. The molecule has 0 spiro atoms. The molecule has 2 rings (SSSR count). The zero-order chi connectivity index (χ0) is 12.4. The van der Waals surface area contributed by atoms with Crippen LogP contribution in [0.5, 0.6) is 5.88 Å². The van der Waals surface area contributed by atoms with Crippen molar-refractivity contribution < 1.29 is 4.74 Å². The van der Waals surface area contributed by atoms with Crippen molar-refractivity contribution in [2.24, 2.45) is 7.05 Å². The van der Waals surface area contributed by atoms with Crippen LogP contribution in [0.1, 0.15) is 38.3 Å². The maximum absolute atomic E-state index is 5.18. The fraction of sp³-hybridized carbons (Fsp3) is 0.769. The number of likely N-dealkylation sites (tertiary alicyclic amines) is 1. The minimum absolute atomic E-state index is 0.631. The van der Waals surface area contributed by atoms with Crippen molar-refractivity contribution in [2.75, 3.05) is 20.2 Å². The van der Waals surface area contributed by atoms with Crippen molar-refractivity contribution in [3.05, 3.63) is 11.8 Å². The average molecular weight is 237 g/mol. The first-order valence-corrected chi connectivity index (χ1v) is 6.43. The number of methoxy groups -OCH3 is 1. The van der Waals surface area contributed by atoms with Gasteiger partial charge < -0.3 is 9.64 Å². The first kappa shape index (κ1) is 12.4. The molecule has 0 saturated carbocycles. The van der Waals surface area contributed by atoms with Crippen LogP contribution >= 0.6 is 0 Å². The summed E-state index contributed by atoms with van der Waals surface area (Å²) in [4.78, 5) is 2.55. The highest BCUT2D eigenvalue weighted by molar-refractivity contribution is 5.19. The van der Waals surface area contributed by atoms with E-state index in [1.165, 1.54) is 31.6 Å². The quantitative estimate of drug-likeness (QED) is 0.805. The molecule has 17 heavy (non-hydrogen) atoms. The average Bonchev–Trinajstić information content (AvgIpc) is 2.71. The molecule has 0 bridgehead atoms. The van der Waals surface area contributed by atoms with Gasteiger partial charge in [-0.3, -0.25) is 4.68 Å². The van der Waals surface area contributed by atoms with Crippen LogP contribution in [-0.4, -0.2) is 40.9 Å². The van der Waals surface area contributed by atoms with Crippen molar-refractivity contribution in [3.63, 3.8) is 0 Å². The number of hydrogen-bond donors (Lipinski definition) is 0. The predicted molar refractivity (Wildman–Crippen MR) is 68.4 cm³/mol. The van der Waals surface area contributed by atoms with Crippen molar-refractivity contribution >= 4 is 0 Å². The minimum Gasteiger partial charge on any atom is -0.480 e. The molecular formula is C13H23N3O. The Labute approximate surface area is 104 Å². The fourth-order valence-corrected chi connectivity index (χ4v) is 2.65. The molecule has 4 nitrogen and oxygen atoms in total. The zero-order valence-electron chi connectivity index (χ0n) is 11.3. The van der Waals surface area contributed by atoms with Gasteiger partial charge in [0.2, 0.25) is 5.88 Å². The van der Waals surface area contributed by atoms with E-state index in [9.17, 15) is 0 Å². The largest absolute Gasteiger partial charge is 0.480 e. The summed E-state index contributed by atoms with van der Waals surface area (Å²) in [6.07, 6.45) is 2.45. The Morgan fingerprint density at radius 1 is 1.35 bits per heavy atom. The van der Waals surface area contributed by atoms with E-state index in [2.05, 4.69) is 29.9 Å². The van der Waals surface area contributed by atoms with Crippen LogP contribution in [0, 0.1) is 0 Å². The van der Waals surface area contributed by atoms with E-state index in [4.69, 9.17) is 4.74 Å². The molecule has 4 heteroatoms. The lowest BCUT2D eigenvalue weighted by molar-refractivity contribution is 0.169. The Balaban J connectivity index is 2.02. The molecule has 1 aliphatic rings. The van der Waals surface area contributed by atoms with Crippen molar-refractivity contribution in [1.29, 1.82) is 0 Å². The van der Waals surface area contributed by atoms with E-state index >= 15 is 0 Å². The predicted octanol–water partition coefficient (Wildman–Crippen LogP) is 2.02. The monoisotopic (exact) mass is 237 g/mol. The van der Waals surface area contributed by atoms with Crippen LogP contribution in [0.3, 0.4) is 0 Å². The summed E-state index contributed by atoms with van der Waals surface area (Å²) in [5.74, 6) is 1.36. The molecule has 0 aliphatic carbocycles. The fourth-order valence-electron chi connectivity index (χ4n) is 2.65. The van der Waals surface area contributed by atoms with Gasteiger partial charge in [-0.05, 0) is 39.8 Å². The van der Waals surface area contributed by atoms with E-state index in [0.29, 0.717) is 12.0 Å². The summed E-state index contributed by atoms with van der Waals surface area (Å²) in [5.41, 5.74) is 1.31. The number of aromatic nitrogens is 2. The van der Waals surface area contributed by atoms with Crippen molar-refractivity contribution in [3.8, 4) is 5.88 Å². The van der Waals surface area contributed by atoms with Gasteiger partial charge in [0.25, 0.3) is 0 Å². The van der Waals surface area contributed by atoms with Crippen LogP contribution in [0.4, 0.5) is 0 Å². The summed E-state index contributed by atoms with van der Waals surface area (Å²) < 4.78 is 7.15. The van der Waals surface area contributed by atoms with Gasteiger partial charge in [-0.2, -0.15) is 0 Å². The highest BCUT2D eigenvalue weighted by Gasteiger charge is 2.24. The molecule has 0 radical (unpaired) electrons. The third-order valence-corrected chi connectivity index (χ3v) is 3.78. The molecule has 0 aromatic carbocycles. The van der Waals surface area contributed by atoms with Gasteiger partial charge in [0.05, 0.1) is 7.11 Å². The van der Waals surface area contributed by atoms with Crippen LogP contribution < -0.4 is 4.74 Å². The van der Waals surface area contributed by atoms with E-state index < -0.39 is 0 Å². The number of piperidine rings is 1. The molecule has 1 aromatic heterocycles. The molecule has 96 valence electrons. The highest BCUT2D eigenvalue weighted by atomic mass is 16.5. The number of rotatable bonds is 3. The standard InChI is InChI=1S/C13H23N3O/c1-10(2)16-7-5-11(6-8-16)12-9-13(17-4)14-15(12)3/h9-11H,5-8H2,1-4H3. The molecule has 0 amide bonds. The third-order valence-electron chi connectivity index (χ3n) is 3.78. The lowest BCUT2D eigenvalue weighted by atomic mass is 9.93. The normalized spacial score (nSPS) is 18.9. The van der Waals surface area contributed by atoms with Crippen LogP contribution in [0.2, 0.25) is 0 Å². The van der Waals surface area contributed by atoms with E-state index in [1.807, 2.05) is 11.7 Å². The second kappa shape index (κ2) is 5.08. The summed E-state index contributed by atoms with van der Waals surface area (Å²) in [6.45, 7) is 6.92. The van der Waals surface area contributed by atoms with Crippen LogP contribution in [-0.2, 0) is 7.05 Å². The van der Waals surface area contributed by atoms with Gasteiger partial charge in [-0.1, -0.05) is 0 Å². The highest BCUT2D eigenvalue weighted by Crippen LogP contribution is 2.30. The molecule has 0 unspecified atom stereocenters. The number of nitrogens with zero attached hydrogens (tertiary/aromatic N) is 3. The Kier molecular flexibility index (Phi) is 3.72. The Morgan fingerprint density at radius 3 is 2.47 bits per heavy atom. The van der Waals surface area contributed by atoms with Gasteiger partial charge in [0.15, 0.2) is 0 Å². The number of ether oxygens (including phenoxy) is 1. The summed E-state index contributed by atoms with van der Waals surface area (Å²) in [7, 11) is 3.68. The summed E-state index contributed by atoms with van der Waals surface area (Å²) in [5, 5.41) is 4.34. The summed E-state index contributed by atoms with van der Waals surface area (Å²) >= 11 is 0. The van der Waals surface area contributed by atoms with E-state index in [-0.39, 0.29) is 0 Å². The first-order chi connectivity index (χ1) is 8.11. The summed E-state index contributed by atoms with van der Waals surface area (Å²) in [6, 6.07) is 2.74. The Bertz CT molecular complexity index is 365. The minimum atomic E-state index is 0.631. The molecule has 1 saturated heterocycles. The number of hydrogen-bond acceptors (Lipinski definition) is 3. The molecule has 0 atom stereocenters. The van der Waals surface area contributed by atoms with Crippen molar-refractivity contribution in [2.45, 2.75) is 38.6 Å². The first-order valence-electron chi connectivity index (χ1n) is 6.43. The lowest BCUT2D eigenvalue weighted by Crippen LogP contribution is -2.38. The van der Waals surface area contributed by atoms with Gasteiger partial charge in [0, 0.05) is 30.8 Å². The smallest absolute Gasteiger partial charge is 0.232 e. The van der Waals surface area contributed by atoms with Crippen LogP contribution in [0.25, 0.3) is 0 Å². The van der Waals surface area contributed by atoms with Crippen molar-refractivity contribution in [1.82, 2.24) is 14.7 Å². The molecule has 2 heterocycles. The second-order valence-corrected chi connectivity index (χ2v) is 5.14. The Morgan fingerprint density at radius 2 is 2.00 bits per heavy atom. The Hall–Kier alpha value is -1.03. The molecule has 1 fully saturated rings. The molecular weight excluding hydrogens is 214 g/mol. The SMILES string of the molecule is COc1cc(C2CCN(C(C)C)CC2)n(C)n1. The van der Waals surface area contributed by atoms with Gasteiger partial charge >= 0.3 is 0 Å². The maximum atomic E-state index is 5.18. The third kappa shape index (κ3) is 2.63. The van der Waals surface area contributed by atoms with Gasteiger partial charge in [-0.25, -0.2) is 0 Å². The van der Waals surface area contributed by atoms with E-state index in [1.54, 1.807) is 7.11 Å². The molecule has 1 aliphatic heterocycles. The van der Waals surface area contributed by atoms with Crippen LogP contribution in [0.15, 0.2) is 6.07 Å². The molecule has 0 N–H and O–H groups in total. The zero-order valence-corrected chi connectivity index (χ0v) is 11.3. The lowest BCUT2D eigenvalue weighted by Gasteiger charge is -2.34. The van der Waals surface area contributed by atoms with Gasteiger partial charge in [0.1, 0.15) is 0 Å².